The Bertz CT molecular complexity index is 510. The predicted octanol–water partition coefficient (Wildman–Crippen LogP) is 3.20. The van der Waals surface area contributed by atoms with E-state index in [9.17, 15) is 4.79 Å². The van der Waals surface area contributed by atoms with Gasteiger partial charge in [0.2, 0.25) is 0 Å². The number of carbonyl (C=O) groups is 1. The molecule has 102 valence electrons. The van der Waals surface area contributed by atoms with Gasteiger partial charge in [0, 0.05) is 25.5 Å². The van der Waals surface area contributed by atoms with Gasteiger partial charge < -0.3 is 9.88 Å². The van der Waals surface area contributed by atoms with Gasteiger partial charge in [0.15, 0.2) is 0 Å². The Morgan fingerprint density at radius 3 is 2.95 bits per heavy atom. The third kappa shape index (κ3) is 4.69. The first-order chi connectivity index (χ1) is 9.25. The van der Waals surface area contributed by atoms with Crippen LogP contribution in [0.1, 0.15) is 28.9 Å². The second-order valence-corrected chi connectivity index (χ2v) is 5.94. The highest BCUT2D eigenvalue weighted by atomic mass is 35.5. The quantitative estimate of drug-likeness (QED) is 0.798. The van der Waals surface area contributed by atoms with Crippen molar-refractivity contribution in [1.82, 2.24) is 14.9 Å². The van der Waals surface area contributed by atoms with Gasteiger partial charge in [-0.1, -0.05) is 11.6 Å². The lowest BCUT2D eigenvalue weighted by molar-refractivity contribution is 0.0957. The molecule has 2 aromatic heterocycles. The molecule has 0 aliphatic rings. The van der Waals surface area contributed by atoms with Crippen LogP contribution in [0.3, 0.4) is 0 Å². The fourth-order valence-electron chi connectivity index (χ4n) is 1.74. The van der Waals surface area contributed by atoms with Gasteiger partial charge in [0.25, 0.3) is 5.91 Å². The summed E-state index contributed by atoms with van der Waals surface area (Å²) in [5, 5.41) is 2.90. The molecule has 0 aliphatic heterocycles. The summed E-state index contributed by atoms with van der Waals surface area (Å²) >= 11 is 7.09. The van der Waals surface area contributed by atoms with Crippen LogP contribution in [0.2, 0.25) is 4.34 Å². The molecule has 19 heavy (non-hydrogen) atoms. The SMILES string of the molecule is O=C(NCCCCCn1ccnc1)c1ccc(Cl)s1. The van der Waals surface area contributed by atoms with Crippen molar-refractivity contribution in [2.24, 2.45) is 0 Å². The van der Waals surface area contributed by atoms with E-state index in [1.807, 2.05) is 12.5 Å². The number of rotatable bonds is 7. The van der Waals surface area contributed by atoms with Gasteiger partial charge in [-0.15, -0.1) is 11.3 Å². The van der Waals surface area contributed by atoms with E-state index in [2.05, 4.69) is 14.9 Å². The fourth-order valence-corrected chi connectivity index (χ4v) is 2.70. The number of halogens is 1. The summed E-state index contributed by atoms with van der Waals surface area (Å²) in [5.41, 5.74) is 0. The molecule has 2 heterocycles. The number of nitrogens with one attached hydrogen (secondary N) is 1. The van der Waals surface area contributed by atoms with E-state index in [0.29, 0.717) is 15.8 Å². The average molecular weight is 298 g/mol. The molecule has 0 radical (unpaired) electrons. The average Bonchev–Trinajstić information content (AvgIpc) is 3.04. The van der Waals surface area contributed by atoms with Crippen LogP contribution in [0.4, 0.5) is 0 Å². The van der Waals surface area contributed by atoms with Gasteiger partial charge in [0.05, 0.1) is 15.5 Å². The molecule has 1 amide bonds. The third-order valence-corrected chi connectivity index (χ3v) is 3.96. The van der Waals surface area contributed by atoms with Gasteiger partial charge in [0.1, 0.15) is 0 Å². The van der Waals surface area contributed by atoms with Crippen LogP contribution in [0.5, 0.6) is 0 Å². The smallest absolute Gasteiger partial charge is 0.261 e. The van der Waals surface area contributed by atoms with E-state index in [1.165, 1.54) is 11.3 Å². The normalized spacial score (nSPS) is 10.6. The first-order valence-electron chi connectivity index (χ1n) is 6.25. The molecule has 0 spiro atoms. The Morgan fingerprint density at radius 1 is 1.37 bits per heavy atom. The lowest BCUT2D eigenvalue weighted by atomic mass is 10.2. The molecular weight excluding hydrogens is 282 g/mol. The topological polar surface area (TPSA) is 46.9 Å². The summed E-state index contributed by atoms with van der Waals surface area (Å²) in [5.74, 6) is -0.0356. The van der Waals surface area contributed by atoms with Crippen molar-refractivity contribution in [3.05, 3.63) is 40.1 Å². The molecular formula is C13H16ClN3OS. The zero-order valence-corrected chi connectivity index (χ0v) is 12.1. The van der Waals surface area contributed by atoms with Gasteiger partial charge in [-0.2, -0.15) is 0 Å². The van der Waals surface area contributed by atoms with Crippen molar-refractivity contribution in [3.63, 3.8) is 0 Å². The fraction of sp³-hybridized carbons (Fsp3) is 0.385. The van der Waals surface area contributed by atoms with Gasteiger partial charge in [-0.05, 0) is 31.4 Å². The van der Waals surface area contributed by atoms with E-state index in [-0.39, 0.29) is 5.91 Å². The van der Waals surface area contributed by atoms with Crippen molar-refractivity contribution < 1.29 is 4.79 Å². The molecule has 6 heteroatoms. The monoisotopic (exact) mass is 297 g/mol. The van der Waals surface area contributed by atoms with Gasteiger partial charge in [-0.3, -0.25) is 4.79 Å². The molecule has 2 rings (SSSR count). The molecule has 0 aliphatic carbocycles. The Hall–Kier alpha value is -1.33. The van der Waals surface area contributed by atoms with Gasteiger partial charge >= 0.3 is 0 Å². The molecule has 0 aromatic carbocycles. The lowest BCUT2D eigenvalue weighted by Crippen LogP contribution is -2.23. The number of aromatic nitrogens is 2. The second-order valence-electron chi connectivity index (χ2n) is 4.22. The van der Waals surface area contributed by atoms with Crippen LogP contribution in [0.15, 0.2) is 30.9 Å². The van der Waals surface area contributed by atoms with Crippen LogP contribution < -0.4 is 5.32 Å². The number of imidazole rings is 1. The molecule has 1 N–H and O–H groups in total. The lowest BCUT2D eigenvalue weighted by Gasteiger charge is -2.04. The highest BCUT2D eigenvalue weighted by Crippen LogP contribution is 2.20. The second kappa shape index (κ2) is 7.31. The zero-order valence-electron chi connectivity index (χ0n) is 10.5. The number of aryl methyl sites for hydroxylation is 1. The minimum Gasteiger partial charge on any atom is -0.351 e. The summed E-state index contributed by atoms with van der Waals surface area (Å²) in [7, 11) is 0. The van der Waals surface area contributed by atoms with Crippen LogP contribution in [-0.4, -0.2) is 22.0 Å². The standard InChI is InChI=1S/C13H16ClN3OS/c14-12-5-4-11(19-12)13(18)16-6-2-1-3-8-17-9-7-15-10-17/h4-5,7,9-10H,1-3,6,8H2,(H,16,18). The van der Waals surface area contributed by atoms with Crippen molar-refractivity contribution in [3.8, 4) is 0 Å². The van der Waals surface area contributed by atoms with Crippen LogP contribution >= 0.6 is 22.9 Å². The minimum atomic E-state index is -0.0356. The van der Waals surface area contributed by atoms with Crippen molar-refractivity contribution in [1.29, 1.82) is 0 Å². The molecule has 0 atom stereocenters. The van der Waals surface area contributed by atoms with E-state index in [0.717, 1.165) is 25.8 Å². The molecule has 0 saturated carbocycles. The first-order valence-corrected chi connectivity index (χ1v) is 7.44. The number of hydrogen-bond acceptors (Lipinski definition) is 3. The maximum absolute atomic E-state index is 11.7. The Labute approximate surface area is 121 Å². The highest BCUT2D eigenvalue weighted by molar-refractivity contribution is 7.17. The summed E-state index contributed by atoms with van der Waals surface area (Å²) < 4.78 is 2.71. The summed E-state index contributed by atoms with van der Waals surface area (Å²) in [6.07, 6.45) is 8.73. The van der Waals surface area contributed by atoms with E-state index in [1.54, 1.807) is 18.3 Å². The summed E-state index contributed by atoms with van der Waals surface area (Å²) in [6.45, 7) is 1.69. The number of nitrogens with zero attached hydrogens (tertiary/aromatic N) is 2. The maximum atomic E-state index is 11.7. The van der Waals surface area contributed by atoms with Crippen molar-refractivity contribution >= 4 is 28.8 Å². The molecule has 0 saturated heterocycles. The molecule has 4 nitrogen and oxygen atoms in total. The number of hydrogen-bond donors (Lipinski definition) is 1. The Kier molecular flexibility index (Phi) is 5.42. The Morgan fingerprint density at radius 2 is 2.26 bits per heavy atom. The van der Waals surface area contributed by atoms with Crippen LogP contribution in [-0.2, 0) is 6.54 Å². The first kappa shape index (κ1) is 14.1. The largest absolute Gasteiger partial charge is 0.351 e. The minimum absolute atomic E-state index is 0.0356. The van der Waals surface area contributed by atoms with E-state index >= 15 is 0 Å². The number of unbranched alkanes of at least 4 members (excludes halogenated alkanes) is 2. The molecule has 0 fully saturated rings. The van der Waals surface area contributed by atoms with E-state index < -0.39 is 0 Å². The predicted molar refractivity (Wildman–Crippen MR) is 77.7 cm³/mol. The Balaban J connectivity index is 1.55. The maximum Gasteiger partial charge on any atom is 0.261 e. The highest BCUT2D eigenvalue weighted by Gasteiger charge is 2.07. The molecule has 0 unspecified atom stereocenters. The van der Waals surface area contributed by atoms with Gasteiger partial charge in [-0.25, -0.2) is 4.98 Å². The van der Waals surface area contributed by atoms with Crippen molar-refractivity contribution in [2.75, 3.05) is 6.54 Å². The van der Waals surface area contributed by atoms with Crippen LogP contribution in [0.25, 0.3) is 0 Å². The van der Waals surface area contributed by atoms with E-state index in [4.69, 9.17) is 11.6 Å². The number of carbonyl (C=O) groups excluding carboxylic acids is 1. The van der Waals surface area contributed by atoms with Crippen molar-refractivity contribution in [2.45, 2.75) is 25.8 Å². The molecule has 2 aromatic rings. The number of thiophene rings is 1. The summed E-state index contributed by atoms with van der Waals surface area (Å²) in [6, 6.07) is 3.49. The molecule has 0 bridgehead atoms. The zero-order chi connectivity index (χ0) is 13.5. The van der Waals surface area contributed by atoms with Crippen LogP contribution in [0, 0.1) is 0 Å². The summed E-state index contributed by atoms with van der Waals surface area (Å²) in [4.78, 5) is 16.4. The third-order valence-electron chi connectivity index (χ3n) is 2.73. The number of amides is 1.